The Balaban J connectivity index is 1.22. The Kier molecular flexibility index (Phi) is 7.48. The van der Waals surface area contributed by atoms with E-state index in [1.165, 1.54) is 105 Å². The average Bonchev–Trinajstić information content (AvgIpc) is 3.57. The normalized spacial score (nSPS) is 11.9. The number of hydrogen-bond donors (Lipinski definition) is 0. The van der Waals surface area contributed by atoms with Gasteiger partial charge in [0, 0.05) is 16.3 Å². The second-order valence-corrected chi connectivity index (χ2v) is 12.3. The number of aromatic nitrogens is 2. The van der Waals surface area contributed by atoms with Gasteiger partial charge in [-0.05, 0) is 35.7 Å². The van der Waals surface area contributed by atoms with E-state index in [-0.39, 0.29) is 0 Å². The third-order valence-corrected chi connectivity index (χ3v) is 9.62. The van der Waals surface area contributed by atoms with Crippen LogP contribution in [0, 0.1) is 0 Å². The van der Waals surface area contributed by atoms with Gasteiger partial charge >= 0.3 is 0 Å². The Morgan fingerprint density at radius 3 is 1.78 bits per heavy atom. The molecule has 2 aromatic heterocycles. The monoisotopic (exact) mass is 522 g/mol. The summed E-state index contributed by atoms with van der Waals surface area (Å²) in [7, 11) is 0. The summed E-state index contributed by atoms with van der Waals surface area (Å²) in [4.78, 5) is 10.2. The van der Waals surface area contributed by atoms with Crippen molar-refractivity contribution in [1.82, 2.24) is 9.97 Å². The standard InChI is InChI=1S/C33H34N2S2/c1-2-3-4-5-6-7-8-9-13-16-30-34-31-26-17-18-27-25(24(26)19-21-28(31)36-30)20-22-29-32(27)35-33(37-29)23-14-11-10-12-15-23/h10-12,14-15,17-22H,2-9,13,16H2,1H3. The first-order chi connectivity index (χ1) is 18.3. The summed E-state index contributed by atoms with van der Waals surface area (Å²) in [5.41, 5.74) is 3.45. The first kappa shape index (κ1) is 24.5. The largest absolute Gasteiger partial charge is 0.241 e. The summed E-state index contributed by atoms with van der Waals surface area (Å²) in [6.45, 7) is 2.29. The van der Waals surface area contributed by atoms with E-state index in [0.717, 1.165) is 16.9 Å². The van der Waals surface area contributed by atoms with Crippen LogP contribution in [0.3, 0.4) is 0 Å². The van der Waals surface area contributed by atoms with Gasteiger partial charge in [0.05, 0.1) is 25.4 Å². The van der Waals surface area contributed by atoms with Gasteiger partial charge in [0.25, 0.3) is 0 Å². The Labute approximate surface area is 227 Å². The summed E-state index contributed by atoms with van der Waals surface area (Å²) in [6.07, 6.45) is 13.4. The molecule has 2 heterocycles. The average molecular weight is 523 g/mol. The third kappa shape index (κ3) is 5.15. The Bertz CT molecular complexity index is 1650. The maximum absolute atomic E-state index is 5.13. The molecule has 0 atom stereocenters. The Hall–Kier alpha value is -2.82. The number of fused-ring (bicyclic) bond motifs is 7. The molecule has 0 unspecified atom stereocenters. The number of unbranched alkanes of at least 4 members (excludes halogenated alkanes) is 8. The van der Waals surface area contributed by atoms with Crippen molar-refractivity contribution in [3.63, 3.8) is 0 Å². The van der Waals surface area contributed by atoms with Crippen LogP contribution in [0.25, 0.3) is 52.5 Å². The number of aryl methyl sites for hydroxylation is 1. The van der Waals surface area contributed by atoms with Crippen LogP contribution in [0.5, 0.6) is 0 Å². The molecular weight excluding hydrogens is 489 g/mol. The highest BCUT2D eigenvalue weighted by atomic mass is 32.1. The van der Waals surface area contributed by atoms with E-state index in [4.69, 9.17) is 9.97 Å². The van der Waals surface area contributed by atoms with E-state index >= 15 is 0 Å². The summed E-state index contributed by atoms with van der Waals surface area (Å²) in [5.74, 6) is 0. The molecule has 0 saturated carbocycles. The number of rotatable bonds is 11. The van der Waals surface area contributed by atoms with Crippen LogP contribution in [0.1, 0.15) is 69.7 Å². The van der Waals surface area contributed by atoms with E-state index in [1.54, 1.807) is 11.3 Å². The Morgan fingerprint density at radius 2 is 1.11 bits per heavy atom. The van der Waals surface area contributed by atoms with Gasteiger partial charge in [-0.25, -0.2) is 9.97 Å². The zero-order valence-corrected chi connectivity index (χ0v) is 23.3. The van der Waals surface area contributed by atoms with Crippen LogP contribution in [0.2, 0.25) is 0 Å². The van der Waals surface area contributed by atoms with Crippen LogP contribution < -0.4 is 0 Å². The molecule has 0 amide bonds. The summed E-state index contributed by atoms with van der Waals surface area (Å²) < 4.78 is 2.54. The van der Waals surface area contributed by atoms with Gasteiger partial charge in [-0.1, -0.05) is 113 Å². The number of benzene rings is 4. The quantitative estimate of drug-likeness (QED) is 0.125. The third-order valence-electron chi connectivity index (χ3n) is 7.47. The molecule has 0 N–H and O–H groups in total. The minimum atomic E-state index is 1.08. The zero-order valence-electron chi connectivity index (χ0n) is 21.6. The fourth-order valence-corrected chi connectivity index (χ4v) is 7.46. The van der Waals surface area contributed by atoms with Crippen molar-refractivity contribution in [2.45, 2.75) is 71.1 Å². The van der Waals surface area contributed by atoms with Crippen molar-refractivity contribution in [2.75, 3.05) is 0 Å². The highest BCUT2D eigenvalue weighted by Gasteiger charge is 2.14. The molecule has 0 aliphatic carbocycles. The molecule has 0 saturated heterocycles. The molecule has 0 aliphatic rings. The smallest absolute Gasteiger partial charge is 0.124 e. The fraction of sp³-hybridized carbons (Fsp3) is 0.333. The lowest BCUT2D eigenvalue weighted by molar-refractivity contribution is 0.564. The molecule has 188 valence electrons. The molecule has 0 aliphatic heterocycles. The van der Waals surface area contributed by atoms with Gasteiger partial charge in [0.1, 0.15) is 5.01 Å². The van der Waals surface area contributed by atoms with Crippen molar-refractivity contribution >= 4 is 64.7 Å². The molecule has 0 spiro atoms. The number of thiazole rings is 2. The first-order valence-electron chi connectivity index (χ1n) is 13.9. The van der Waals surface area contributed by atoms with Crippen LogP contribution >= 0.6 is 22.7 Å². The SMILES string of the molecule is CCCCCCCCCCCc1nc2c(ccc3c4ccc5sc(-c6ccccc6)nc5c4ccc32)s1. The molecule has 0 fully saturated rings. The van der Waals surface area contributed by atoms with E-state index in [1.807, 2.05) is 11.3 Å². The summed E-state index contributed by atoms with van der Waals surface area (Å²) >= 11 is 3.65. The second kappa shape index (κ2) is 11.3. The molecule has 4 heteroatoms. The molecule has 6 rings (SSSR count). The summed E-state index contributed by atoms with van der Waals surface area (Å²) in [6, 6.07) is 24.1. The molecule has 0 bridgehead atoms. The van der Waals surface area contributed by atoms with Gasteiger partial charge in [0.15, 0.2) is 0 Å². The van der Waals surface area contributed by atoms with Gasteiger partial charge < -0.3 is 0 Å². The molecule has 37 heavy (non-hydrogen) atoms. The van der Waals surface area contributed by atoms with Gasteiger partial charge in [-0.15, -0.1) is 22.7 Å². The highest BCUT2D eigenvalue weighted by Crippen LogP contribution is 2.39. The van der Waals surface area contributed by atoms with E-state index < -0.39 is 0 Å². The number of nitrogens with zero attached hydrogens (tertiary/aromatic N) is 2. The van der Waals surface area contributed by atoms with Crippen LogP contribution in [0.15, 0.2) is 66.7 Å². The van der Waals surface area contributed by atoms with E-state index in [0.29, 0.717) is 0 Å². The number of hydrogen-bond acceptors (Lipinski definition) is 4. The van der Waals surface area contributed by atoms with Crippen molar-refractivity contribution in [2.24, 2.45) is 0 Å². The van der Waals surface area contributed by atoms with Crippen molar-refractivity contribution in [1.29, 1.82) is 0 Å². The minimum absolute atomic E-state index is 1.08. The lowest BCUT2D eigenvalue weighted by Gasteiger charge is -2.05. The van der Waals surface area contributed by atoms with Crippen LogP contribution in [-0.4, -0.2) is 9.97 Å². The zero-order chi connectivity index (χ0) is 25.0. The predicted octanol–water partition coefficient (Wildman–Crippen LogP) is 11.0. The lowest BCUT2D eigenvalue weighted by atomic mass is 10.0. The van der Waals surface area contributed by atoms with Crippen molar-refractivity contribution in [3.05, 3.63) is 71.7 Å². The topological polar surface area (TPSA) is 25.8 Å². The predicted molar refractivity (Wildman–Crippen MR) is 164 cm³/mol. The molecule has 2 nitrogen and oxygen atoms in total. The van der Waals surface area contributed by atoms with Gasteiger partial charge in [0.2, 0.25) is 0 Å². The Morgan fingerprint density at radius 1 is 0.541 bits per heavy atom. The van der Waals surface area contributed by atoms with Crippen molar-refractivity contribution in [3.8, 4) is 10.6 Å². The molecule has 0 radical (unpaired) electrons. The van der Waals surface area contributed by atoms with E-state index in [9.17, 15) is 0 Å². The minimum Gasteiger partial charge on any atom is -0.241 e. The van der Waals surface area contributed by atoms with E-state index in [2.05, 4.69) is 73.7 Å². The van der Waals surface area contributed by atoms with Gasteiger partial charge in [-0.3, -0.25) is 0 Å². The maximum atomic E-state index is 5.13. The molecular formula is C33H34N2S2. The summed E-state index contributed by atoms with van der Waals surface area (Å²) in [5, 5.41) is 7.41. The highest BCUT2D eigenvalue weighted by molar-refractivity contribution is 7.21. The maximum Gasteiger partial charge on any atom is 0.124 e. The lowest BCUT2D eigenvalue weighted by Crippen LogP contribution is -1.86. The van der Waals surface area contributed by atoms with Crippen molar-refractivity contribution < 1.29 is 0 Å². The second-order valence-electron chi connectivity index (χ2n) is 10.2. The molecule has 4 aromatic carbocycles. The molecule has 6 aromatic rings. The van der Waals surface area contributed by atoms with Gasteiger partial charge in [-0.2, -0.15) is 0 Å². The fourth-order valence-electron chi connectivity index (χ4n) is 5.45. The first-order valence-corrected chi connectivity index (χ1v) is 15.5. The van der Waals surface area contributed by atoms with Crippen LogP contribution in [0.4, 0.5) is 0 Å². The van der Waals surface area contributed by atoms with Crippen LogP contribution in [-0.2, 0) is 6.42 Å².